The van der Waals surface area contributed by atoms with Crippen LogP contribution in [-0.2, 0) is 0 Å². The number of nitrogens with zero attached hydrogens (tertiary/aromatic N) is 2. The largest absolute Gasteiger partial charge is 0.496 e. The Morgan fingerprint density at radius 1 is 1.39 bits per heavy atom. The molecule has 0 bridgehead atoms. The summed E-state index contributed by atoms with van der Waals surface area (Å²) in [5.41, 5.74) is 7.14. The van der Waals surface area contributed by atoms with Crippen molar-refractivity contribution in [2.75, 3.05) is 12.8 Å². The van der Waals surface area contributed by atoms with Crippen LogP contribution in [0.3, 0.4) is 0 Å². The van der Waals surface area contributed by atoms with Crippen molar-refractivity contribution in [1.29, 1.82) is 0 Å². The fourth-order valence-electron chi connectivity index (χ4n) is 1.85. The van der Waals surface area contributed by atoms with Crippen molar-refractivity contribution in [3.05, 3.63) is 30.3 Å². The summed E-state index contributed by atoms with van der Waals surface area (Å²) in [4.78, 5) is 4.25. The number of nitrogens with two attached hydrogens (primary N) is 1. The molecule has 0 aliphatic heterocycles. The molecule has 1 aromatic carbocycles. The zero-order valence-corrected chi connectivity index (χ0v) is 10.6. The van der Waals surface area contributed by atoms with Crippen LogP contribution in [0.1, 0.15) is 19.9 Å². The van der Waals surface area contributed by atoms with Gasteiger partial charge in [-0.2, -0.15) is 0 Å². The predicted molar refractivity (Wildman–Crippen MR) is 69.0 cm³/mol. The van der Waals surface area contributed by atoms with Gasteiger partial charge in [-0.1, -0.05) is 0 Å². The molecule has 96 valence electrons. The number of nitrogen functional groups attached to an aromatic ring is 1. The number of rotatable bonds is 3. The highest BCUT2D eigenvalue weighted by molar-refractivity contribution is 5.75. The first-order chi connectivity index (χ1) is 8.54. The Kier molecular flexibility index (Phi) is 3.23. The molecule has 1 aromatic heterocycles. The van der Waals surface area contributed by atoms with E-state index in [0.29, 0.717) is 22.8 Å². The normalized spacial score (nSPS) is 10.9. The third kappa shape index (κ3) is 2.03. The number of hydrogen-bond acceptors (Lipinski definition) is 3. The summed E-state index contributed by atoms with van der Waals surface area (Å²) in [5, 5.41) is 0. The number of anilines is 1. The minimum absolute atomic E-state index is 0.200. The molecule has 0 unspecified atom stereocenters. The van der Waals surface area contributed by atoms with E-state index in [-0.39, 0.29) is 11.9 Å². The third-order valence-electron chi connectivity index (χ3n) is 2.81. The molecule has 0 fully saturated rings. The van der Waals surface area contributed by atoms with Gasteiger partial charge >= 0.3 is 0 Å². The average molecular weight is 249 g/mol. The van der Waals surface area contributed by atoms with Crippen molar-refractivity contribution in [1.82, 2.24) is 9.55 Å². The minimum Gasteiger partial charge on any atom is -0.496 e. The van der Waals surface area contributed by atoms with E-state index in [1.807, 2.05) is 18.4 Å². The lowest BCUT2D eigenvalue weighted by Gasteiger charge is -2.10. The zero-order chi connectivity index (χ0) is 13.3. The molecule has 0 aliphatic carbocycles. The first-order valence-electron chi connectivity index (χ1n) is 5.70. The van der Waals surface area contributed by atoms with E-state index in [2.05, 4.69) is 4.98 Å². The van der Waals surface area contributed by atoms with Crippen LogP contribution in [0.5, 0.6) is 5.75 Å². The van der Waals surface area contributed by atoms with Crippen LogP contribution >= 0.6 is 0 Å². The van der Waals surface area contributed by atoms with E-state index in [0.717, 1.165) is 0 Å². The fraction of sp³-hybridized carbons (Fsp3) is 0.308. The molecule has 0 saturated heterocycles. The molecule has 0 amide bonds. The van der Waals surface area contributed by atoms with Gasteiger partial charge in [0, 0.05) is 11.6 Å². The van der Waals surface area contributed by atoms with E-state index in [9.17, 15) is 4.39 Å². The number of halogens is 1. The van der Waals surface area contributed by atoms with Crippen molar-refractivity contribution in [2.24, 2.45) is 0 Å². The Balaban J connectivity index is 2.58. The van der Waals surface area contributed by atoms with Gasteiger partial charge in [0.2, 0.25) is 0 Å². The average Bonchev–Trinajstić information content (AvgIpc) is 2.71. The standard InChI is InChI=1S/C13H16FN3O/c1-8(2)17-7-16-12(13(17)15)10-6-9(14)4-5-11(10)18-3/h4-8H,15H2,1-3H3. The van der Waals surface area contributed by atoms with Crippen LogP contribution in [0.2, 0.25) is 0 Å². The lowest BCUT2D eigenvalue weighted by molar-refractivity contribution is 0.415. The second kappa shape index (κ2) is 4.68. The molecule has 1 heterocycles. The second-order valence-corrected chi connectivity index (χ2v) is 4.32. The van der Waals surface area contributed by atoms with Gasteiger partial charge in [-0.05, 0) is 32.0 Å². The van der Waals surface area contributed by atoms with Crippen LogP contribution in [0.4, 0.5) is 10.2 Å². The van der Waals surface area contributed by atoms with Gasteiger partial charge in [0.05, 0.1) is 13.4 Å². The number of imidazole rings is 1. The molecule has 0 aliphatic rings. The molecule has 5 heteroatoms. The van der Waals surface area contributed by atoms with Crippen molar-refractivity contribution in [3.8, 4) is 17.0 Å². The zero-order valence-electron chi connectivity index (χ0n) is 10.6. The molecule has 2 rings (SSSR count). The van der Waals surface area contributed by atoms with Gasteiger partial charge < -0.3 is 15.0 Å². The van der Waals surface area contributed by atoms with E-state index in [1.165, 1.54) is 19.2 Å². The summed E-state index contributed by atoms with van der Waals surface area (Å²) in [6.07, 6.45) is 1.65. The van der Waals surface area contributed by atoms with E-state index in [1.54, 1.807) is 12.4 Å². The summed E-state index contributed by atoms with van der Waals surface area (Å²) < 4.78 is 20.4. The number of aromatic nitrogens is 2. The van der Waals surface area contributed by atoms with Crippen molar-refractivity contribution in [2.45, 2.75) is 19.9 Å². The van der Waals surface area contributed by atoms with E-state index in [4.69, 9.17) is 10.5 Å². The van der Waals surface area contributed by atoms with Crippen molar-refractivity contribution >= 4 is 5.82 Å². The maximum Gasteiger partial charge on any atom is 0.131 e. The van der Waals surface area contributed by atoms with Gasteiger partial charge in [0.1, 0.15) is 23.1 Å². The van der Waals surface area contributed by atoms with Gasteiger partial charge in [-0.15, -0.1) is 0 Å². The SMILES string of the molecule is COc1ccc(F)cc1-c1ncn(C(C)C)c1N. The third-order valence-corrected chi connectivity index (χ3v) is 2.81. The van der Waals surface area contributed by atoms with Crippen LogP contribution < -0.4 is 10.5 Å². The molecular weight excluding hydrogens is 233 g/mol. The maximum atomic E-state index is 13.3. The van der Waals surface area contributed by atoms with E-state index < -0.39 is 0 Å². The summed E-state index contributed by atoms with van der Waals surface area (Å²) in [6, 6.07) is 4.49. The molecule has 4 nitrogen and oxygen atoms in total. The smallest absolute Gasteiger partial charge is 0.131 e. The Morgan fingerprint density at radius 3 is 2.67 bits per heavy atom. The molecule has 0 atom stereocenters. The highest BCUT2D eigenvalue weighted by Crippen LogP contribution is 2.34. The first-order valence-corrected chi connectivity index (χ1v) is 5.70. The number of ether oxygens (including phenoxy) is 1. The first kappa shape index (κ1) is 12.4. The number of benzene rings is 1. The van der Waals surface area contributed by atoms with Crippen LogP contribution in [0.15, 0.2) is 24.5 Å². The molecular formula is C13H16FN3O. The molecule has 0 spiro atoms. The van der Waals surface area contributed by atoms with Crippen LogP contribution in [-0.4, -0.2) is 16.7 Å². The van der Waals surface area contributed by atoms with Crippen molar-refractivity contribution in [3.63, 3.8) is 0 Å². The van der Waals surface area contributed by atoms with Crippen LogP contribution in [0, 0.1) is 5.82 Å². The molecule has 18 heavy (non-hydrogen) atoms. The Morgan fingerprint density at radius 2 is 2.11 bits per heavy atom. The van der Waals surface area contributed by atoms with Gasteiger partial charge in [0.15, 0.2) is 0 Å². The summed E-state index contributed by atoms with van der Waals surface area (Å²) >= 11 is 0. The molecule has 2 aromatic rings. The van der Waals surface area contributed by atoms with Gasteiger partial charge in [0.25, 0.3) is 0 Å². The molecule has 0 saturated carbocycles. The molecule has 0 radical (unpaired) electrons. The Labute approximate surface area is 105 Å². The topological polar surface area (TPSA) is 53.1 Å². The number of hydrogen-bond donors (Lipinski definition) is 1. The number of methoxy groups -OCH3 is 1. The Hall–Kier alpha value is -2.04. The summed E-state index contributed by atoms with van der Waals surface area (Å²) in [5.74, 6) is 0.718. The van der Waals surface area contributed by atoms with E-state index >= 15 is 0 Å². The van der Waals surface area contributed by atoms with Crippen molar-refractivity contribution < 1.29 is 9.13 Å². The second-order valence-electron chi connectivity index (χ2n) is 4.32. The Bertz CT molecular complexity index is 563. The predicted octanol–water partition coefficient (Wildman–Crippen LogP) is 2.86. The highest BCUT2D eigenvalue weighted by Gasteiger charge is 2.16. The summed E-state index contributed by atoms with van der Waals surface area (Å²) in [7, 11) is 1.53. The molecule has 2 N–H and O–H groups in total. The van der Waals surface area contributed by atoms with Gasteiger partial charge in [-0.25, -0.2) is 9.37 Å². The lowest BCUT2D eigenvalue weighted by atomic mass is 10.1. The highest BCUT2D eigenvalue weighted by atomic mass is 19.1. The fourth-order valence-corrected chi connectivity index (χ4v) is 1.85. The van der Waals surface area contributed by atoms with Crippen LogP contribution in [0.25, 0.3) is 11.3 Å². The quantitative estimate of drug-likeness (QED) is 0.910. The minimum atomic E-state index is -0.343. The maximum absolute atomic E-state index is 13.3. The lowest BCUT2D eigenvalue weighted by Crippen LogP contribution is -2.04. The van der Waals surface area contributed by atoms with Gasteiger partial charge in [-0.3, -0.25) is 0 Å². The monoisotopic (exact) mass is 249 g/mol. The summed E-state index contributed by atoms with van der Waals surface area (Å²) in [6.45, 7) is 4.01.